The van der Waals surface area contributed by atoms with Crippen molar-refractivity contribution in [3.8, 4) is 0 Å². The minimum atomic E-state index is -4.35. The van der Waals surface area contributed by atoms with E-state index in [2.05, 4.69) is 20.9 Å². The Kier molecular flexibility index (Phi) is 2.71. The molecule has 1 aromatic carbocycles. The van der Waals surface area contributed by atoms with E-state index in [-0.39, 0.29) is 11.0 Å². The third kappa shape index (κ3) is 1.94. The Morgan fingerprint density at radius 2 is 1.94 bits per heavy atom. The summed E-state index contributed by atoms with van der Waals surface area (Å²) in [5, 5.41) is 0.510. The molecule has 0 aliphatic rings. The lowest BCUT2D eigenvalue weighted by Crippen LogP contribution is -2.05. The average Bonchev–Trinajstić information content (AvgIpc) is 2.56. The van der Waals surface area contributed by atoms with Crippen LogP contribution in [0.5, 0.6) is 0 Å². The largest absolute Gasteiger partial charge is 0.417 e. The van der Waals surface area contributed by atoms with Crippen molar-refractivity contribution in [1.82, 2.24) is 4.98 Å². The fourth-order valence-electron chi connectivity index (χ4n) is 1.54. The monoisotopic (exact) mass is 292 g/mol. The quantitative estimate of drug-likeness (QED) is 0.831. The fraction of sp³-hybridized carbons (Fsp3) is 0.200. The van der Waals surface area contributed by atoms with E-state index >= 15 is 0 Å². The Hall–Kier alpha value is -1.01. The van der Waals surface area contributed by atoms with E-state index in [0.29, 0.717) is 16.6 Å². The maximum Gasteiger partial charge on any atom is 0.417 e. The number of hydrogen-bond donors (Lipinski definition) is 2. The first-order chi connectivity index (χ1) is 7.41. The third-order valence-corrected chi connectivity index (χ3v) is 2.95. The minimum absolute atomic E-state index is 0.0259. The molecule has 6 heteroatoms. The molecule has 1 heterocycles. The second kappa shape index (κ2) is 3.78. The van der Waals surface area contributed by atoms with Crippen LogP contribution < -0.4 is 5.73 Å². The maximum atomic E-state index is 12.6. The summed E-state index contributed by atoms with van der Waals surface area (Å²) in [7, 11) is 0. The van der Waals surface area contributed by atoms with Crippen LogP contribution >= 0.6 is 15.9 Å². The molecule has 0 bridgehead atoms. The smallest absolute Gasteiger partial charge is 0.357 e. The summed E-state index contributed by atoms with van der Waals surface area (Å²) in [4.78, 5) is 2.94. The van der Waals surface area contributed by atoms with E-state index in [1.807, 2.05) is 0 Å². The second-order valence-electron chi connectivity index (χ2n) is 3.42. The molecule has 0 aliphatic heterocycles. The molecule has 0 radical (unpaired) electrons. The number of aromatic nitrogens is 1. The predicted octanol–water partition coefficient (Wildman–Crippen LogP) is 3.41. The highest BCUT2D eigenvalue weighted by Crippen LogP contribution is 2.37. The molecule has 0 unspecified atom stereocenters. The molecule has 0 atom stereocenters. The Balaban J connectivity index is 2.66. The lowest BCUT2D eigenvalue weighted by Gasteiger charge is -2.08. The summed E-state index contributed by atoms with van der Waals surface area (Å²) >= 11 is 2.91. The number of nitrogens with two attached hydrogens (primary N) is 1. The number of H-pyrrole nitrogens is 1. The van der Waals surface area contributed by atoms with Gasteiger partial charge in [-0.15, -0.1) is 0 Å². The average molecular weight is 293 g/mol. The summed E-state index contributed by atoms with van der Waals surface area (Å²) in [5.41, 5.74) is 6.08. The molecule has 2 aromatic rings. The van der Waals surface area contributed by atoms with E-state index in [1.165, 1.54) is 6.07 Å². The van der Waals surface area contributed by atoms with Crippen molar-refractivity contribution in [3.63, 3.8) is 0 Å². The predicted molar refractivity (Wildman–Crippen MR) is 58.9 cm³/mol. The SMILES string of the molecule is NCc1cc2cc(C(F)(F)F)c(Br)cc2[nH]1. The molecule has 1 aromatic heterocycles. The van der Waals surface area contributed by atoms with E-state index in [4.69, 9.17) is 5.73 Å². The van der Waals surface area contributed by atoms with Gasteiger partial charge in [0.05, 0.1) is 5.56 Å². The molecule has 16 heavy (non-hydrogen) atoms. The summed E-state index contributed by atoms with van der Waals surface area (Å²) in [5.74, 6) is 0. The molecule has 86 valence electrons. The van der Waals surface area contributed by atoms with Crippen molar-refractivity contribution in [3.05, 3.63) is 33.9 Å². The third-order valence-electron chi connectivity index (χ3n) is 2.29. The van der Waals surface area contributed by atoms with E-state index in [9.17, 15) is 13.2 Å². The van der Waals surface area contributed by atoms with Gasteiger partial charge in [-0.1, -0.05) is 15.9 Å². The van der Waals surface area contributed by atoms with Gasteiger partial charge in [0.1, 0.15) is 0 Å². The zero-order valence-electron chi connectivity index (χ0n) is 8.03. The fourth-order valence-corrected chi connectivity index (χ4v) is 2.11. The van der Waals surface area contributed by atoms with Crippen LogP contribution in [-0.2, 0) is 12.7 Å². The van der Waals surface area contributed by atoms with Gasteiger partial charge in [-0.05, 0) is 18.2 Å². The van der Waals surface area contributed by atoms with Gasteiger partial charge in [0.15, 0.2) is 0 Å². The molecule has 0 saturated heterocycles. The lowest BCUT2D eigenvalue weighted by molar-refractivity contribution is -0.138. The molecule has 2 rings (SSSR count). The Morgan fingerprint density at radius 1 is 1.25 bits per heavy atom. The van der Waals surface area contributed by atoms with E-state index in [0.717, 1.165) is 6.07 Å². The molecule has 0 saturated carbocycles. The number of benzene rings is 1. The van der Waals surface area contributed by atoms with Crippen LogP contribution in [0.2, 0.25) is 0 Å². The molecule has 3 N–H and O–H groups in total. The van der Waals surface area contributed by atoms with Crippen LogP contribution in [-0.4, -0.2) is 4.98 Å². The lowest BCUT2D eigenvalue weighted by atomic mass is 10.1. The second-order valence-corrected chi connectivity index (χ2v) is 4.27. The van der Waals surface area contributed by atoms with E-state index in [1.54, 1.807) is 6.07 Å². The first kappa shape index (κ1) is 11.5. The van der Waals surface area contributed by atoms with Crippen LogP contribution in [0.25, 0.3) is 10.9 Å². The number of aromatic amines is 1. The van der Waals surface area contributed by atoms with Crippen LogP contribution in [0.15, 0.2) is 22.7 Å². The summed E-state index contributed by atoms with van der Waals surface area (Å²) < 4.78 is 37.8. The summed E-state index contributed by atoms with van der Waals surface area (Å²) in [6.45, 7) is 0.271. The first-order valence-electron chi connectivity index (χ1n) is 4.50. The molecule has 2 nitrogen and oxygen atoms in total. The number of fused-ring (bicyclic) bond motifs is 1. The van der Waals surface area contributed by atoms with Gasteiger partial charge in [0.2, 0.25) is 0 Å². The molecule has 0 fully saturated rings. The van der Waals surface area contributed by atoms with Crippen molar-refractivity contribution in [2.45, 2.75) is 12.7 Å². The van der Waals surface area contributed by atoms with Gasteiger partial charge in [0.25, 0.3) is 0 Å². The summed E-state index contributed by atoms with van der Waals surface area (Å²) in [6.07, 6.45) is -4.35. The molecular formula is C10H8BrF3N2. The summed E-state index contributed by atoms with van der Waals surface area (Å²) in [6, 6.07) is 4.14. The van der Waals surface area contributed by atoms with Gasteiger partial charge in [-0.2, -0.15) is 13.2 Å². The normalized spacial score (nSPS) is 12.3. The van der Waals surface area contributed by atoms with Gasteiger partial charge in [0, 0.05) is 27.6 Å². The van der Waals surface area contributed by atoms with Crippen LogP contribution in [0, 0.1) is 0 Å². The molecule has 0 spiro atoms. The molecular weight excluding hydrogens is 285 g/mol. The highest BCUT2D eigenvalue weighted by molar-refractivity contribution is 9.10. The van der Waals surface area contributed by atoms with Crippen molar-refractivity contribution in [2.75, 3.05) is 0 Å². The topological polar surface area (TPSA) is 41.8 Å². The van der Waals surface area contributed by atoms with Crippen LogP contribution in [0.1, 0.15) is 11.3 Å². The number of hydrogen-bond acceptors (Lipinski definition) is 1. The maximum absolute atomic E-state index is 12.6. The highest BCUT2D eigenvalue weighted by Gasteiger charge is 2.33. The van der Waals surface area contributed by atoms with Gasteiger partial charge in [-0.3, -0.25) is 0 Å². The number of nitrogens with one attached hydrogen (secondary N) is 1. The Morgan fingerprint density at radius 3 is 2.50 bits per heavy atom. The number of rotatable bonds is 1. The van der Waals surface area contributed by atoms with E-state index < -0.39 is 11.7 Å². The van der Waals surface area contributed by atoms with Crippen molar-refractivity contribution in [1.29, 1.82) is 0 Å². The molecule has 0 aliphatic carbocycles. The standard InChI is InChI=1S/C10H8BrF3N2/c11-8-3-9-5(1-6(4-15)16-9)2-7(8)10(12,13)14/h1-3,16H,4,15H2. The molecule has 0 amide bonds. The van der Waals surface area contributed by atoms with Crippen molar-refractivity contribution >= 4 is 26.8 Å². The van der Waals surface area contributed by atoms with Gasteiger partial charge < -0.3 is 10.7 Å². The first-order valence-corrected chi connectivity index (χ1v) is 5.29. The zero-order valence-corrected chi connectivity index (χ0v) is 9.61. The van der Waals surface area contributed by atoms with Crippen molar-refractivity contribution < 1.29 is 13.2 Å². The van der Waals surface area contributed by atoms with Crippen molar-refractivity contribution in [2.24, 2.45) is 5.73 Å². The number of alkyl halides is 3. The van der Waals surface area contributed by atoms with Gasteiger partial charge in [-0.25, -0.2) is 0 Å². The minimum Gasteiger partial charge on any atom is -0.357 e. The number of halogens is 4. The Bertz CT molecular complexity index is 531. The zero-order chi connectivity index (χ0) is 11.9. The van der Waals surface area contributed by atoms with Crippen LogP contribution in [0.4, 0.5) is 13.2 Å². The van der Waals surface area contributed by atoms with Gasteiger partial charge >= 0.3 is 6.18 Å². The highest BCUT2D eigenvalue weighted by atomic mass is 79.9. The van der Waals surface area contributed by atoms with Crippen LogP contribution in [0.3, 0.4) is 0 Å². The Labute approximate surface area is 97.8 Å².